The normalized spacial score (nSPS) is 10.4. The smallest absolute Gasteiger partial charge is 0.262 e. The van der Waals surface area contributed by atoms with Gasteiger partial charge in [-0.05, 0) is 18.2 Å². The minimum Gasteiger partial charge on any atom is -0.436 e. The van der Waals surface area contributed by atoms with Crippen molar-refractivity contribution in [2.24, 2.45) is 0 Å². The molecule has 3 aromatic rings. The van der Waals surface area contributed by atoms with E-state index in [4.69, 9.17) is 10.5 Å². The predicted molar refractivity (Wildman–Crippen MR) is 68.3 cm³/mol. The first-order valence-electron chi connectivity index (χ1n) is 5.42. The Morgan fingerprint density at radius 3 is 2.72 bits per heavy atom. The van der Waals surface area contributed by atoms with E-state index in [2.05, 4.69) is 15.0 Å². The molecule has 0 aliphatic carbocycles. The molecular weight excluding hydrogens is 228 g/mol. The van der Waals surface area contributed by atoms with Gasteiger partial charge in [0, 0.05) is 30.0 Å². The summed E-state index contributed by atoms with van der Waals surface area (Å²) in [4.78, 5) is 12.2. The van der Waals surface area contributed by atoms with E-state index in [9.17, 15) is 0 Å². The first-order valence-corrected chi connectivity index (χ1v) is 5.42. The lowest BCUT2D eigenvalue weighted by molar-refractivity contribution is 0.464. The summed E-state index contributed by atoms with van der Waals surface area (Å²) in [6.07, 6.45) is 4.79. The van der Waals surface area contributed by atoms with Gasteiger partial charge in [0.25, 0.3) is 5.88 Å². The molecular formula is C13H10N4O. The van der Waals surface area contributed by atoms with Crippen molar-refractivity contribution in [1.82, 2.24) is 15.0 Å². The average Bonchev–Trinajstić information content (AvgIpc) is 2.41. The number of aromatic nitrogens is 3. The van der Waals surface area contributed by atoms with Crippen LogP contribution in [-0.2, 0) is 0 Å². The standard InChI is InChI=1S/C13H10N4O/c14-12-13(17-7-6-16-12)18-10-4-3-9-2-1-5-15-11(9)8-10/h1-8H,(H2,14,16). The van der Waals surface area contributed by atoms with Crippen molar-refractivity contribution in [3.8, 4) is 11.6 Å². The third-order valence-electron chi connectivity index (χ3n) is 2.48. The molecule has 18 heavy (non-hydrogen) atoms. The van der Waals surface area contributed by atoms with Crippen LogP contribution in [-0.4, -0.2) is 15.0 Å². The number of nitrogen functional groups attached to an aromatic ring is 1. The van der Waals surface area contributed by atoms with Crippen LogP contribution in [0.1, 0.15) is 0 Å². The van der Waals surface area contributed by atoms with Gasteiger partial charge in [0.1, 0.15) is 5.75 Å². The lowest BCUT2D eigenvalue weighted by Crippen LogP contribution is -1.97. The quantitative estimate of drug-likeness (QED) is 0.742. The van der Waals surface area contributed by atoms with Crippen molar-refractivity contribution in [3.63, 3.8) is 0 Å². The number of hydrogen-bond donors (Lipinski definition) is 1. The molecule has 0 radical (unpaired) electrons. The van der Waals surface area contributed by atoms with Crippen LogP contribution in [0.4, 0.5) is 5.82 Å². The number of pyridine rings is 1. The van der Waals surface area contributed by atoms with Crippen molar-refractivity contribution in [2.45, 2.75) is 0 Å². The van der Waals surface area contributed by atoms with Gasteiger partial charge in [-0.3, -0.25) is 4.98 Å². The first-order chi connectivity index (χ1) is 8.83. The largest absolute Gasteiger partial charge is 0.436 e. The van der Waals surface area contributed by atoms with E-state index in [1.807, 2.05) is 30.3 Å². The Hall–Kier alpha value is -2.69. The Labute approximate surface area is 103 Å². The zero-order chi connectivity index (χ0) is 12.4. The molecule has 88 valence electrons. The molecule has 0 saturated carbocycles. The van der Waals surface area contributed by atoms with Gasteiger partial charge in [0.15, 0.2) is 5.82 Å². The highest BCUT2D eigenvalue weighted by Gasteiger charge is 2.04. The van der Waals surface area contributed by atoms with Crippen molar-refractivity contribution in [2.75, 3.05) is 5.73 Å². The van der Waals surface area contributed by atoms with Gasteiger partial charge in [0.2, 0.25) is 0 Å². The van der Waals surface area contributed by atoms with E-state index in [1.165, 1.54) is 12.4 Å². The maximum absolute atomic E-state index is 5.67. The highest BCUT2D eigenvalue weighted by atomic mass is 16.5. The Morgan fingerprint density at radius 2 is 1.83 bits per heavy atom. The summed E-state index contributed by atoms with van der Waals surface area (Å²) < 4.78 is 5.58. The molecule has 0 unspecified atom stereocenters. The zero-order valence-electron chi connectivity index (χ0n) is 9.45. The SMILES string of the molecule is Nc1nccnc1Oc1ccc2cccnc2c1. The van der Waals surface area contributed by atoms with E-state index in [1.54, 1.807) is 6.20 Å². The van der Waals surface area contributed by atoms with Gasteiger partial charge in [-0.25, -0.2) is 9.97 Å². The Bertz CT molecular complexity index is 699. The van der Waals surface area contributed by atoms with Crippen LogP contribution in [0, 0.1) is 0 Å². The fourth-order valence-corrected chi connectivity index (χ4v) is 1.64. The summed E-state index contributed by atoms with van der Waals surface area (Å²) >= 11 is 0. The molecule has 0 amide bonds. The number of nitrogens with zero attached hydrogens (tertiary/aromatic N) is 3. The molecule has 2 aromatic heterocycles. The minimum atomic E-state index is 0.263. The molecule has 0 bridgehead atoms. The van der Waals surface area contributed by atoms with Crippen LogP contribution in [0.2, 0.25) is 0 Å². The number of hydrogen-bond acceptors (Lipinski definition) is 5. The van der Waals surface area contributed by atoms with Crippen molar-refractivity contribution in [1.29, 1.82) is 0 Å². The van der Waals surface area contributed by atoms with Crippen molar-refractivity contribution < 1.29 is 4.74 Å². The van der Waals surface area contributed by atoms with E-state index in [-0.39, 0.29) is 5.82 Å². The predicted octanol–water partition coefficient (Wildman–Crippen LogP) is 2.40. The second-order valence-electron chi connectivity index (χ2n) is 3.71. The fourth-order valence-electron chi connectivity index (χ4n) is 1.64. The second kappa shape index (κ2) is 4.29. The number of anilines is 1. The number of fused-ring (bicyclic) bond motifs is 1. The van der Waals surface area contributed by atoms with Gasteiger partial charge >= 0.3 is 0 Å². The fraction of sp³-hybridized carbons (Fsp3) is 0. The molecule has 1 aromatic carbocycles. The Kier molecular flexibility index (Phi) is 2.49. The van der Waals surface area contributed by atoms with Crippen LogP contribution in [0.5, 0.6) is 11.6 Å². The summed E-state index contributed by atoms with van der Waals surface area (Å²) in [6.45, 7) is 0. The highest BCUT2D eigenvalue weighted by molar-refractivity contribution is 5.79. The molecule has 0 aliphatic rings. The maximum Gasteiger partial charge on any atom is 0.262 e. The molecule has 0 atom stereocenters. The number of nitrogens with two attached hydrogens (primary N) is 1. The zero-order valence-corrected chi connectivity index (χ0v) is 9.45. The van der Waals surface area contributed by atoms with Crippen LogP contribution < -0.4 is 10.5 Å². The van der Waals surface area contributed by atoms with Crippen molar-refractivity contribution >= 4 is 16.7 Å². The summed E-state index contributed by atoms with van der Waals surface area (Å²) in [5.41, 5.74) is 6.53. The third kappa shape index (κ3) is 1.93. The summed E-state index contributed by atoms with van der Waals surface area (Å²) in [5, 5.41) is 1.05. The van der Waals surface area contributed by atoms with Gasteiger partial charge in [-0.2, -0.15) is 0 Å². The molecule has 0 aliphatic heterocycles. The van der Waals surface area contributed by atoms with E-state index >= 15 is 0 Å². The first kappa shape index (κ1) is 10.5. The average molecular weight is 238 g/mol. The van der Waals surface area contributed by atoms with Crippen LogP contribution in [0.3, 0.4) is 0 Å². The third-order valence-corrected chi connectivity index (χ3v) is 2.48. The lowest BCUT2D eigenvalue weighted by Gasteiger charge is -2.06. The van der Waals surface area contributed by atoms with Gasteiger partial charge in [-0.1, -0.05) is 6.07 Å². The molecule has 2 N–H and O–H groups in total. The van der Waals surface area contributed by atoms with Gasteiger partial charge in [0.05, 0.1) is 5.52 Å². The van der Waals surface area contributed by atoms with Gasteiger partial charge in [-0.15, -0.1) is 0 Å². The number of benzene rings is 1. The topological polar surface area (TPSA) is 73.9 Å². The minimum absolute atomic E-state index is 0.263. The molecule has 3 rings (SSSR count). The molecule has 2 heterocycles. The van der Waals surface area contributed by atoms with Gasteiger partial charge < -0.3 is 10.5 Å². The molecule has 5 heteroatoms. The molecule has 5 nitrogen and oxygen atoms in total. The van der Waals surface area contributed by atoms with Crippen LogP contribution >= 0.6 is 0 Å². The number of ether oxygens (including phenoxy) is 1. The number of rotatable bonds is 2. The van der Waals surface area contributed by atoms with Crippen molar-refractivity contribution in [3.05, 3.63) is 48.9 Å². The van der Waals surface area contributed by atoms with Crippen LogP contribution in [0.25, 0.3) is 10.9 Å². The second-order valence-corrected chi connectivity index (χ2v) is 3.71. The Morgan fingerprint density at radius 1 is 0.944 bits per heavy atom. The van der Waals surface area contributed by atoms with E-state index < -0.39 is 0 Å². The molecule has 0 fully saturated rings. The summed E-state index contributed by atoms with van der Waals surface area (Å²) in [5.74, 6) is 1.19. The van der Waals surface area contributed by atoms with Crippen LogP contribution in [0.15, 0.2) is 48.9 Å². The molecule has 0 saturated heterocycles. The summed E-state index contributed by atoms with van der Waals surface area (Å²) in [6, 6.07) is 9.50. The maximum atomic E-state index is 5.67. The molecule has 0 spiro atoms. The summed E-state index contributed by atoms with van der Waals surface area (Å²) in [7, 11) is 0. The van der Waals surface area contributed by atoms with E-state index in [0.29, 0.717) is 11.6 Å². The van der Waals surface area contributed by atoms with E-state index in [0.717, 1.165) is 10.9 Å². The Balaban J connectivity index is 1.98. The lowest BCUT2D eigenvalue weighted by atomic mass is 10.2. The monoisotopic (exact) mass is 238 g/mol. The highest BCUT2D eigenvalue weighted by Crippen LogP contribution is 2.25.